The van der Waals surface area contributed by atoms with E-state index in [1.807, 2.05) is 18.2 Å². The van der Waals surface area contributed by atoms with Crippen molar-refractivity contribution in [1.82, 2.24) is 10.2 Å². The van der Waals surface area contributed by atoms with Gasteiger partial charge in [0.25, 0.3) is 5.91 Å². The SMILES string of the molecule is CNC(=O)c1cccc(NC(=O)CN(Cc2ccccc2)C(C)C)c1. The van der Waals surface area contributed by atoms with Crippen LogP contribution in [0, 0.1) is 0 Å². The summed E-state index contributed by atoms with van der Waals surface area (Å²) in [6.07, 6.45) is 0. The average molecular weight is 339 g/mol. The first-order valence-corrected chi connectivity index (χ1v) is 8.39. The number of nitrogens with one attached hydrogen (secondary N) is 2. The second-order valence-electron chi connectivity index (χ2n) is 6.19. The van der Waals surface area contributed by atoms with Gasteiger partial charge in [0.05, 0.1) is 6.54 Å². The Hall–Kier alpha value is -2.66. The molecule has 0 saturated carbocycles. The molecule has 0 aromatic heterocycles. The highest BCUT2D eigenvalue weighted by atomic mass is 16.2. The van der Waals surface area contributed by atoms with E-state index < -0.39 is 0 Å². The summed E-state index contributed by atoms with van der Waals surface area (Å²) in [6, 6.07) is 17.2. The number of hydrogen-bond donors (Lipinski definition) is 2. The maximum Gasteiger partial charge on any atom is 0.251 e. The zero-order chi connectivity index (χ0) is 18.2. The standard InChI is InChI=1S/C20H25N3O2/c1-15(2)23(13-16-8-5-4-6-9-16)14-19(24)22-18-11-7-10-17(12-18)20(25)21-3/h4-12,15H,13-14H2,1-3H3,(H,21,25)(H,22,24). The molecule has 0 heterocycles. The molecule has 0 unspecified atom stereocenters. The van der Waals surface area contributed by atoms with Crippen molar-refractivity contribution in [3.63, 3.8) is 0 Å². The quantitative estimate of drug-likeness (QED) is 0.815. The molecule has 0 aliphatic rings. The van der Waals surface area contributed by atoms with E-state index in [2.05, 4.69) is 41.5 Å². The first-order valence-electron chi connectivity index (χ1n) is 8.39. The molecule has 2 rings (SSSR count). The van der Waals surface area contributed by atoms with Crippen molar-refractivity contribution in [3.8, 4) is 0 Å². The van der Waals surface area contributed by atoms with Crippen LogP contribution in [0.4, 0.5) is 5.69 Å². The third-order valence-corrected chi connectivity index (χ3v) is 3.94. The molecule has 2 N–H and O–H groups in total. The zero-order valence-corrected chi connectivity index (χ0v) is 15.0. The van der Waals surface area contributed by atoms with Crippen molar-refractivity contribution in [1.29, 1.82) is 0 Å². The Morgan fingerprint density at radius 2 is 1.76 bits per heavy atom. The Morgan fingerprint density at radius 1 is 1.04 bits per heavy atom. The summed E-state index contributed by atoms with van der Waals surface area (Å²) >= 11 is 0. The van der Waals surface area contributed by atoms with Gasteiger partial charge in [-0.1, -0.05) is 36.4 Å². The van der Waals surface area contributed by atoms with Gasteiger partial charge >= 0.3 is 0 Å². The summed E-state index contributed by atoms with van der Waals surface area (Å²) in [5, 5.41) is 5.45. The van der Waals surface area contributed by atoms with E-state index >= 15 is 0 Å². The Balaban J connectivity index is 2.00. The molecule has 2 aromatic carbocycles. The molecule has 0 fully saturated rings. The van der Waals surface area contributed by atoms with Crippen LogP contribution in [0.3, 0.4) is 0 Å². The van der Waals surface area contributed by atoms with Crippen LogP contribution in [-0.2, 0) is 11.3 Å². The van der Waals surface area contributed by atoms with Crippen molar-refractivity contribution < 1.29 is 9.59 Å². The lowest BCUT2D eigenvalue weighted by molar-refractivity contribution is -0.117. The summed E-state index contributed by atoms with van der Waals surface area (Å²) < 4.78 is 0. The molecule has 5 heteroatoms. The molecule has 0 radical (unpaired) electrons. The van der Waals surface area contributed by atoms with Crippen LogP contribution in [0.2, 0.25) is 0 Å². The molecule has 0 aliphatic heterocycles. The largest absolute Gasteiger partial charge is 0.355 e. The minimum atomic E-state index is -0.177. The number of nitrogens with zero attached hydrogens (tertiary/aromatic N) is 1. The second kappa shape index (κ2) is 8.99. The third kappa shape index (κ3) is 5.72. The van der Waals surface area contributed by atoms with E-state index in [0.717, 1.165) is 0 Å². The topological polar surface area (TPSA) is 61.4 Å². The van der Waals surface area contributed by atoms with Crippen LogP contribution < -0.4 is 10.6 Å². The number of rotatable bonds is 7. The maximum atomic E-state index is 12.4. The molecular formula is C20H25N3O2. The number of anilines is 1. The predicted molar refractivity (Wildman–Crippen MR) is 100 cm³/mol. The van der Waals surface area contributed by atoms with Gasteiger partial charge < -0.3 is 10.6 Å². The van der Waals surface area contributed by atoms with Crippen molar-refractivity contribution >= 4 is 17.5 Å². The molecule has 132 valence electrons. The van der Waals surface area contributed by atoms with Gasteiger partial charge in [0.1, 0.15) is 0 Å². The lowest BCUT2D eigenvalue weighted by Gasteiger charge is -2.26. The summed E-state index contributed by atoms with van der Waals surface area (Å²) in [5.41, 5.74) is 2.31. The predicted octanol–water partition coefficient (Wildman–Crippen LogP) is 2.90. The Kier molecular flexibility index (Phi) is 6.71. The fraction of sp³-hybridized carbons (Fsp3) is 0.300. The van der Waals surface area contributed by atoms with Gasteiger partial charge in [0.2, 0.25) is 5.91 Å². The van der Waals surface area contributed by atoms with Gasteiger partial charge in [-0.25, -0.2) is 0 Å². The third-order valence-electron chi connectivity index (χ3n) is 3.94. The number of carbonyl (C=O) groups is 2. The van der Waals surface area contributed by atoms with E-state index in [-0.39, 0.29) is 24.4 Å². The monoisotopic (exact) mass is 339 g/mol. The normalized spacial score (nSPS) is 10.8. The van der Waals surface area contributed by atoms with E-state index in [4.69, 9.17) is 0 Å². The molecule has 2 amide bonds. The average Bonchev–Trinajstić information content (AvgIpc) is 2.61. The van der Waals surface area contributed by atoms with Crippen molar-refractivity contribution in [2.45, 2.75) is 26.4 Å². The Bertz CT molecular complexity index is 714. The highest BCUT2D eigenvalue weighted by molar-refractivity contribution is 5.97. The van der Waals surface area contributed by atoms with E-state index in [9.17, 15) is 9.59 Å². The smallest absolute Gasteiger partial charge is 0.251 e. The van der Waals surface area contributed by atoms with Gasteiger partial charge in [-0.3, -0.25) is 14.5 Å². The van der Waals surface area contributed by atoms with E-state index in [1.54, 1.807) is 31.3 Å². The summed E-state index contributed by atoms with van der Waals surface area (Å²) in [7, 11) is 1.58. The first kappa shape index (κ1) is 18.7. The van der Waals surface area contributed by atoms with Crippen LogP contribution >= 0.6 is 0 Å². The van der Waals surface area contributed by atoms with Gasteiger partial charge in [0, 0.05) is 30.9 Å². The Labute approximate surface area is 149 Å². The second-order valence-corrected chi connectivity index (χ2v) is 6.19. The number of benzene rings is 2. The first-order chi connectivity index (χ1) is 12.0. The summed E-state index contributed by atoms with van der Waals surface area (Å²) in [6.45, 7) is 5.14. The van der Waals surface area contributed by atoms with Crippen LogP contribution in [0.15, 0.2) is 54.6 Å². The van der Waals surface area contributed by atoms with Crippen LogP contribution in [0.5, 0.6) is 0 Å². The van der Waals surface area contributed by atoms with Crippen LogP contribution in [0.25, 0.3) is 0 Å². The fourth-order valence-corrected chi connectivity index (χ4v) is 2.51. The molecule has 25 heavy (non-hydrogen) atoms. The van der Waals surface area contributed by atoms with Gasteiger partial charge in [-0.15, -0.1) is 0 Å². The van der Waals surface area contributed by atoms with E-state index in [0.29, 0.717) is 17.8 Å². The molecule has 0 saturated heterocycles. The maximum absolute atomic E-state index is 12.4. The molecule has 5 nitrogen and oxygen atoms in total. The van der Waals surface area contributed by atoms with Gasteiger partial charge in [-0.05, 0) is 37.6 Å². The summed E-state index contributed by atoms with van der Waals surface area (Å²) in [4.78, 5) is 26.2. The van der Waals surface area contributed by atoms with E-state index in [1.165, 1.54) is 5.56 Å². The minimum Gasteiger partial charge on any atom is -0.355 e. The lowest BCUT2D eigenvalue weighted by Crippen LogP contribution is -2.37. The molecule has 0 bridgehead atoms. The molecule has 2 aromatic rings. The minimum absolute atomic E-state index is 0.0984. The van der Waals surface area contributed by atoms with Crippen molar-refractivity contribution in [2.75, 3.05) is 18.9 Å². The number of amides is 2. The highest BCUT2D eigenvalue weighted by Gasteiger charge is 2.15. The fourth-order valence-electron chi connectivity index (χ4n) is 2.51. The highest BCUT2D eigenvalue weighted by Crippen LogP contribution is 2.12. The van der Waals surface area contributed by atoms with Crippen LogP contribution in [-0.4, -0.2) is 36.3 Å². The Morgan fingerprint density at radius 3 is 2.40 bits per heavy atom. The zero-order valence-electron chi connectivity index (χ0n) is 15.0. The summed E-state index contributed by atoms with van der Waals surface area (Å²) in [5.74, 6) is -0.275. The number of carbonyl (C=O) groups excluding carboxylic acids is 2. The molecule has 0 atom stereocenters. The molecule has 0 spiro atoms. The lowest BCUT2D eigenvalue weighted by atomic mass is 10.1. The van der Waals surface area contributed by atoms with Crippen molar-refractivity contribution in [2.24, 2.45) is 0 Å². The van der Waals surface area contributed by atoms with Crippen molar-refractivity contribution in [3.05, 3.63) is 65.7 Å². The van der Waals surface area contributed by atoms with Crippen LogP contribution in [0.1, 0.15) is 29.8 Å². The number of hydrogen-bond acceptors (Lipinski definition) is 3. The van der Waals surface area contributed by atoms with Gasteiger partial charge in [0.15, 0.2) is 0 Å². The molecular weight excluding hydrogens is 314 g/mol. The van der Waals surface area contributed by atoms with Gasteiger partial charge in [-0.2, -0.15) is 0 Å². The molecule has 0 aliphatic carbocycles.